The van der Waals surface area contributed by atoms with Gasteiger partial charge in [0, 0.05) is 16.1 Å². The van der Waals surface area contributed by atoms with Gasteiger partial charge in [-0.3, -0.25) is 4.79 Å². The number of hydrogen-bond acceptors (Lipinski definition) is 2. The fraction of sp³-hybridized carbons (Fsp3) is 0.0714. The summed E-state index contributed by atoms with van der Waals surface area (Å²) in [7, 11) is 0. The van der Waals surface area contributed by atoms with E-state index in [9.17, 15) is 4.79 Å². The maximum atomic E-state index is 11.2. The third-order valence-corrected chi connectivity index (χ3v) is 2.71. The number of rotatable bonds is 4. The van der Waals surface area contributed by atoms with E-state index in [4.69, 9.17) is 22.1 Å². The van der Waals surface area contributed by atoms with Gasteiger partial charge >= 0.3 is 0 Å². The highest BCUT2D eigenvalue weighted by Gasteiger charge is 2.07. The Morgan fingerprint density at radius 3 is 2.67 bits per heavy atom. The highest BCUT2D eigenvalue weighted by atomic mass is 35.5. The smallest absolute Gasteiger partial charge is 0.249 e. The Kier molecular flexibility index (Phi) is 3.85. The number of benzene rings is 2. The lowest BCUT2D eigenvalue weighted by Crippen LogP contribution is -2.14. The number of hydrogen-bond donors (Lipinski definition) is 1. The van der Waals surface area contributed by atoms with E-state index in [1.54, 1.807) is 36.4 Å². The first-order valence-corrected chi connectivity index (χ1v) is 5.80. The zero-order valence-electron chi connectivity index (χ0n) is 9.60. The summed E-state index contributed by atoms with van der Waals surface area (Å²) in [4.78, 5) is 11.2. The second-order valence-electron chi connectivity index (χ2n) is 3.77. The number of halogens is 1. The Bertz CT molecular complexity index is 569. The minimum absolute atomic E-state index is 0.277. The lowest BCUT2D eigenvalue weighted by molar-refractivity contribution is 0.0998. The van der Waals surface area contributed by atoms with Crippen molar-refractivity contribution in [2.45, 2.75) is 6.61 Å². The summed E-state index contributed by atoms with van der Waals surface area (Å²) in [5.41, 5.74) is 6.52. The van der Waals surface area contributed by atoms with Gasteiger partial charge in [-0.2, -0.15) is 0 Å². The van der Waals surface area contributed by atoms with Crippen LogP contribution in [0.25, 0.3) is 0 Å². The zero-order chi connectivity index (χ0) is 13.0. The molecule has 0 unspecified atom stereocenters. The molecule has 0 heterocycles. The Balaban J connectivity index is 2.13. The average molecular weight is 262 g/mol. The molecule has 4 heteroatoms. The molecule has 0 saturated heterocycles. The highest BCUT2D eigenvalue weighted by molar-refractivity contribution is 6.30. The van der Waals surface area contributed by atoms with Crippen molar-refractivity contribution >= 4 is 17.5 Å². The number of carbonyl (C=O) groups excluding carboxylic acids is 1. The van der Waals surface area contributed by atoms with Crippen molar-refractivity contribution in [2.75, 3.05) is 0 Å². The topological polar surface area (TPSA) is 52.3 Å². The summed E-state index contributed by atoms with van der Waals surface area (Å²) in [5, 5.41) is 0.607. The summed E-state index contributed by atoms with van der Waals surface area (Å²) in [6.07, 6.45) is 0. The lowest BCUT2D eigenvalue weighted by atomic mass is 10.1. The van der Waals surface area contributed by atoms with E-state index in [0.29, 0.717) is 16.3 Å². The standard InChI is InChI=1S/C14H12ClNO2/c15-11-5-3-6-12(8-11)18-9-10-4-1-2-7-13(10)14(16)17/h1-8H,9H2,(H2,16,17). The minimum atomic E-state index is -0.458. The summed E-state index contributed by atoms with van der Waals surface area (Å²) in [5.74, 6) is 0.196. The van der Waals surface area contributed by atoms with Crippen LogP contribution in [0.4, 0.5) is 0 Å². The molecule has 0 aliphatic heterocycles. The van der Waals surface area contributed by atoms with Crippen LogP contribution in [0.1, 0.15) is 15.9 Å². The fourth-order valence-electron chi connectivity index (χ4n) is 1.60. The van der Waals surface area contributed by atoms with Gasteiger partial charge < -0.3 is 10.5 Å². The molecule has 92 valence electrons. The van der Waals surface area contributed by atoms with Gasteiger partial charge in [0.15, 0.2) is 0 Å². The average Bonchev–Trinajstić information content (AvgIpc) is 2.37. The number of amides is 1. The van der Waals surface area contributed by atoms with Crippen LogP contribution in [0.2, 0.25) is 5.02 Å². The van der Waals surface area contributed by atoms with E-state index in [1.807, 2.05) is 12.1 Å². The first-order valence-electron chi connectivity index (χ1n) is 5.43. The van der Waals surface area contributed by atoms with E-state index in [1.165, 1.54) is 0 Å². The third kappa shape index (κ3) is 3.02. The lowest BCUT2D eigenvalue weighted by Gasteiger charge is -2.09. The van der Waals surface area contributed by atoms with Gasteiger partial charge in [0.05, 0.1) is 0 Å². The minimum Gasteiger partial charge on any atom is -0.489 e. The number of ether oxygens (including phenoxy) is 1. The van der Waals surface area contributed by atoms with Crippen molar-refractivity contribution in [3.8, 4) is 5.75 Å². The first kappa shape index (κ1) is 12.5. The van der Waals surface area contributed by atoms with E-state index in [2.05, 4.69) is 0 Å². The molecule has 0 aliphatic carbocycles. The molecule has 2 N–H and O–H groups in total. The van der Waals surface area contributed by atoms with Crippen LogP contribution < -0.4 is 10.5 Å². The quantitative estimate of drug-likeness (QED) is 0.920. The predicted molar refractivity (Wildman–Crippen MR) is 70.7 cm³/mol. The molecule has 0 atom stereocenters. The van der Waals surface area contributed by atoms with Crippen LogP contribution in [-0.2, 0) is 6.61 Å². The maximum absolute atomic E-state index is 11.2. The predicted octanol–water partition coefficient (Wildman–Crippen LogP) is 3.02. The van der Waals surface area contributed by atoms with Gasteiger partial charge in [0.25, 0.3) is 0 Å². The third-order valence-electron chi connectivity index (χ3n) is 2.47. The molecule has 2 aromatic carbocycles. The van der Waals surface area contributed by atoms with Crippen LogP contribution in [0.3, 0.4) is 0 Å². The molecule has 1 amide bonds. The Morgan fingerprint density at radius 2 is 1.94 bits per heavy atom. The Morgan fingerprint density at radius 1 is 1.17 bits per heavy atom. The maximum Gasteiger partial charge on any atom is 0.249 e. The molecule has 0 fully saturated rings. The van der Waals surface area contributed by atoms with Crippen molar-refractivity contribution in [3.63, 3.8) is 0 Å². The summed E-state index contributed by atoms with van der Waals surface area (Å²) < 4.78 is 5.57. The number of primary amides is 1. The normalized spacial score (nSPS) is 10.1. The second kappa shape index (κ2) is 5.56. The first-order chi connectivity index (χ1) is 8.66. The van der Waals surface area contributed by atoms with Gasteiger partial charge in [-0.15, -0.1) is 0 Å². The summed E-state index contributed by atoms with van der Waals surface area (Å²) in [6, 6.07) is 14.2. The Labute approximate surface area is 110 Å². The number of carbonyl (C=O) groups is 1. The largest absolute Gasteiger partial charge is 0.489 e. The van der Waals surface area contributed by atoms with E-state index in [-0.39, 0.29) is 6.61 Å². The van der Waals surface area contributed by atoms with Gasteiger partial charge in [0.2, 0.25) is 5.91 Å². The van der Waals surface area contributed by atoms with Crippen molar-refractivity contribution in [3.05, 3.63) is 64.7 Å². The number of nitrogens with two attached hydrogens (primary N) is 1. The molecule has 0 aromatic heterocycles. The summed E-state index contributed by atoms with van der Waals surface area (Å²) >= 11 is 5.85. The van der Waals surface area contributed by atoms with Crippen molar-refractivity contribution < 1.29 is 9.53 Å². The molecule has 2 aromatic rings. The SMILES string of the molecule is NC(=O)c1ccccc1COc1cccc(Cl)c1. The van der Waals surface area contributed by atoms with Gasteiger partial charge in [-0.05, 0) is 24.3 Å². The van der Waals surface area contributed by atoms with Crippen LogP contribution in [-0.4, -0.2) is 5.91 Å². The zero-order valence-corrected chi connectivity index (χ0v) is 10.4. The molecule has 3 nitrogen and oxygen atoms in total. The molecule has 2 rings (SSSR count). The van der Waals surface area contributed by atoms with Gasteiger partial charge in [-0.1, -0.05) is 35.9 Å². The molecular formula is C14H12ClNO2. The molecule has 0 aliphatic rings. The highest BCUT2D eigenvalue weighted by Crippen LogP contribution is 2.19. The van der Waals surface area contributed by atoms with Crippen LogP contribution in [0.15, 0.2) is 48.5 Å². The molecule has 0 saturated carbocycles. The summed E-state index contributed by atoms with van der Waals surface area (Å²) in [6.45, 7) is 0.277. The fourth-order valence-corrected chi connectivity index (χ4v) is 1.78. The van der Waals surface area contributed by atoms with E-state index >= 15 is 0 Å². The van der Waals surface area contributed by atoms with Gasteiger partial charge in [0.1, 0.15) is 12.4 Å². The van der Waals surface area contributed by atoms with Crippen molar-refractivity contribution in [2.24, 2.45) is 5.73 Å². The monoisotopic (exact) mass is 261 g/mol. The molecular weight excluding hydrogens is 250 g/mol. The molecule has 0 radical (unpaired) electrons. The van der Waals surface area contributed by atoms with Crippen LogP contribution in [0, 0.1) is 0 Å². The van der Waals surface area contributed by atoms with Crippen LogP contribution in [0.5, 0.6) is 5.75 Å². The van der Waals surface area contributed by atoms with Crippen molar-refractivity contribution in [1.82, 2.24) is 0 Å². The van der Waals surface area contributed by atoms with Crippen molar-refractivity contribution in [1.29, 1.82) is 0 Å². The van der Waals surface area contributed by atoms with Gasteiger partial charge in [-0.25, -0.2) is 0 Å². The second-order valence-corrected chi connectivity index (χ2v) is 4.20. The molecule has 0 spiro atoms. The molecule has 18 heavy (non-hydrogen) atoms. The molecule has 0 bridgehead atoms. The van der Waals surface area contributed by atoms with E-state index in [0.717, 1.165) is 5.56 Å². The van der Waals surface area contributed by atoms with Crippen LogP contribution >= 0.6 is 11.6 Å². The van der Waals surface area contributed by atoms with E-state index < -0.39 is 5.91 Å². The Hall–Kier alpha value is -2.00.